The van der Waals surface area contributed by atoms with Crippen molar-refractivity contribution in [2.24, 2.45) is 0 Å². The second-order valence-corrected chi connectivity index (χ2v) is 5.49. The lowest BCUT2D eigenvalue weighted by atomic mass is 9.99. The SMILES string of the molecule is CC(C)(CCO)NC(=O)c1ccc2ccccc2c1O. The molecule has 0 aliphatic carbocycles. The van der Waals surface area contributed by atoms with Gasteiger partial charge in [-0.2, -0.15) is 0 Å². The number of aliphatic hydroxyl groups is 1. The normalized spacial score (nSPS) is 11.6. The van der Waals surface area contributed by atoms with Crippen LogP contribution in [0.15, 0.2) is 36.4 Å². The fourth-order valence-corrected chi connectivity index (χ4v) is 2.16. The van der Waals surface area contributed by atoms with Crippen LogP contribution in [-0.2, 0) is 0 Å². The Kier molecular flexibility index (Phi) is 3.95. The molecule has 0 radical (unpaired) electrons. The lowest BCUT2D eigenvalue weighted by Gasteiger charge is -2.25. The van der Waals surface area contributed by atoms with Crippen molar-refractivity contribution in [2.45, 2.75) is 25.8 Å². The lowest BCUT2D eigenvalue weighted by molar-refractivity contribution is 0.0897. The van der Waals surface area contributed by atoms with Gasteiger partial charge in [0, 0.05) is 17.5 Å². The van der Waals surface area contributed by atoms with Crippen molar-refractivity contribution < 1.29 is 15.0 Å². The van der Waals surface area contributed by atoms with Gasteiger partial charge in [0.25, 0.3) is 5.91 Å². The molecule has 0 aliphatic rings. The Hall–Kier alpha value is -2.07. The van der Waals surface area contributed by atoms with E-state index in [1.807, 2.05) is 38.1 Å². The summed E-state index contributed by atoms with van der Waals surface area (Å²) in [6.45, 7) is 3.66. The Morgan fingerprint density at radius 3 is 2.60 bits per heavy atom. The summed E-state index contributed by atoms with van der Waals surface area (Å²) in [4.78, 5) is 12.2. The number of rotatable bonds is 4. The molecule has 0 aliphatic heterocycles. The topological polar surface area (TPSA) is 69.6 Å². The van der Waals surface area contributed by atoms with Crippen molar-refractivity contribution in [2.75, 3.05) is 6.61 Å². The van der Waals surface area contributed by atoms with Crippen molar-refractivity contribution in [3.63, 3.8) is 0 Å². The summed E-state index contributed by atoms with van der Waals surface area (Å²) < 4.78 is 0. The van der Waals surface area contributed by atoms with Gasteiger partial charge in [-0.05, 0) is 31.7 Å². The van der Waals surface area contributed by atoms with E-state index >= 15 is 0 Å². The average Bonchev–Trinajstić information content (AvgIpc) is 2.38. The van der Waals surface area contributed by atoms with Gasteiger partial charge in [-0.3, -0.25) is 4.79 Å². The number of hydrogen-bond acceptors (Lipinski definition) is 3. The molecule has 2 aromatic carbocycles. The fraction of sp³-hybridized carbons (Fsp3) is 0.312. The molecule has 106 valence electrons. The second kappa shape index (κ2) is 5.51. The molecular weight excluding hydrogens is 254 g/mol. The zero-order valence-electron chi connectivity index (χ0n) is 11.7. The molecule has 20 heavy (non-hydrogen) atoms. The van der Waals surface area contributed by atoms with E-state index in [0.29, 0.717) is 11.8 Å². The predicted molar refractivity (Wildman–Crippen MR) is 78.9 cm³/mol. The summed E-state index contributed by atoms with van der Waals surface area (Å²) in [5.41, 5.74) is -0.279. The highest BCUT2D eigenvalue weighted by Crippen LogP contribution is 2.28. The molecule has 0 saturated carbocycles. The highest BCUT2D eigenvalue weighted by Gasteiger charge is 2.22. The number of carbonyl (C=O) groups excluding carboxylic acids is 1. The van der Waals surface area contributed by atoms with Crippen molar-refractivity contribution in [3.05, 3.63) is 42.0 Å². The highest BCUT2D eigenvalue weighted by molar-refractivity contribution is 6.03. The van der Waals surface area contributed by atoms with E-state index in [4.69, 9.17) is 5.11 Å². The first-order valence-electron chi connectivity index (χ1n) is 6.59. The minimum Gasteiger partial charge on any atom is -0.506 e. The summed E-state index contributed by atoms with van der Waals surface area (Å²) in [7, 11) is 0. The maximum atomic E-state index is 12.2. The van der Waals surface area contributed by atoms with Crippen molar-refractivity contribution >= 4 is 16.7 Å². The number of phenols is 1. The standard InChI is InChI=1S/C16H19NO3/c1-16(2,9-10-18)17-15(20)13-8-7-11-5-3-4-6-12(11)14(13)19/h3-8,18-19H,9-10H2,1-2H3,(H,17,20). The van der Waals surface area contributed by atoms with Gasteiger partial charge in [-0.1, -0.05) is 30.3 Å². The van der Waals surface area contributed by atoms with Crippen LogP contribution in [0.25, 0.3) is 10.8 Å². The predicted octanol–water partition coefficient (Wildman–Crippen LogP) is 2.44. The quantitative estimate of drug-likeness (QED) is 0.801. The van der Waals surface area contributed by atoms with Gasteiger partial charge >= 0.3 is 0 Å². The summed E-state index contributed by atoms with van der Waals surface area (Å²) in [5.74, 6) is -0.355. The van der Waals surface area contributed by atoms with Gasteiger partial charge in [-0.25, -0.2) is 0 Å². The molecule has 2 aromatic rings. The number of aromatic hydroxyl groups is 1. The van der Waals surface area contributed by atoms with Gasteiger partial charge in [0.2, 0.25) is 0 Å². The minimum absolute atomic E-state index is 0.00299. The second-order valence-electron chi connectivity index (χ2n) is 5.49. The third kappa shape index (κ3) is 2.91. The van der Waals surface area contributed by atoms with Crippen LogP contribution in [0.4, 0.5) is 0 Å². The number of carbonyl (C=O) groups is 1. The van der Waals surface area contributed by atoms with Gasteiger partial charge in [-0.15, -0.1) is 0 Å². The Morgan fingerprint density at radius 1 is 1.20 bits per heavy atom. The van der Waals surface area contributed by atoms with Crippen molar-refractivity contribution in [3.8, 4) is 5.75 Å². The Bertz CT molecular complexity index is 635. The van der Waals surface area contributed by atoms with E-state index in [1.165, 1.54) is 0 Å². The van der Waals surface area contributed by atoms with E-state index in [9.17, 15) is 9.90 Å². The molecule has 0 saturated heterocycles. The van der Waals surface area contributed by atoms with Gasteiger partial charge in [0.1, 0.15) is 5.75 Å². The van der Waals surface area contributed by atoms with Crippen LogP contribution in [0.3, 0.4) is 0 Å². The number of hydrogen-bond donors (Lipinski definition) is 3. The van der Waals surface area contributed by atoms with E-state index in [1.54, 1.807) is 12.1 Å². The molecule has 1 amide bonds. The number of fused-ring (bicyclic) bond motifs is 1. The molecule has 0 spiro atoms. The number of benzene rings is 2. The summed E-state index contributed by atoms with van der Waals surface area (Å²) in [6, 6.07) is 10.8. The van der Waals surface area contributed by atoms with Crippen LogP contribution in [-0.4, -0.2) is 28.3 Å². The first kappa shape index (κ1) is 14.3. The molecule has 4 heteroatoms. The van der Waals surface area contributed by atoms with Crippen LogP contribution in [0, 0.1) is 0 Å². The van der Waals surface area contributed by atoms with Crippen LogP contribution in [0.1, 0.15) is 30.6 Å². The minimum atomic E-state index is -0.524. The van der Waals surface area contributed by atoms with Gasteiger partial charge < -0.3 is 15.5 Å². The van der Waals surface area contributed by atoms with E-state index in [0.717, 1.165) is 5.39 Å². The summed E-state index contributed by atoms with van der Waals surface area (Å²) in [5, 5.41) is 23.6. The summed E-state index contributed by atoms with van der Waals surface area (Å²) in [6.07, 6.45) is 0.451. The highest BCUT2D eigenvalue weighted by atomic mass is 16.3. The molecule has 0 fully saturated rings. The molecule has 3 N–H and O–H groups in total. The van der Waals surface area contributed by atoms with Crippen LogP contribution >= 0.6 is 0 Å². The van der Waals surface area contributed by atoms with Crippen molar-refractivity contribution in [1.29, 1.82) is 0 Å². The van der Waals surface area contributed by atoms with E-state index in [-0.39, 0.29) is 23.8 Å². The number of amides is 1. The summed E-state index contributed by atoms with van der Waals surface area (Å²) >= 11 is 0. The number of nitrogens with one attached hydrogen (secondary N) is 1. The first-order valence-corrected chi connectivity index (χ1v) is 6.59. The number of aliphatic hydroxyl groups excluding tert-OH is 1. The first-order chi connectivity index (χ1) is 9.44. The van der Waals surface area contributed by atoms with Crippen LogP contribution < -0.4 is 5.32 Å². The fourth-order valence-electron chi connectivity index (χ4n) is 2.16. The van der Waals surface area contributed by atoms with Gasteiger partial charge in [0.15, 0.2) is 0 Å². The molecule has 0 aromatic heterocycles. The third-order valence-electron chi connectivity index (χ3n) is 3.33. The smallest absolute Gasteiger partial charge is 0.255 e. The molecule has 0 unspecified atom stereocenters. The molecule has 4 nitrogen and oxygen atoms in total. The van der Waals surface area contributed by atoms with Crippen molar-refractivity contribution in [1.82, 2.24) is 5.32 Å². The van der Waals surface area contributed by atoms with E-state index in [2.05, 4.69) is 5.32 Å². The molecule has 2 rings (SSSR count). The third-order valence-corrected chi connectivity index (χ3v) is 3.33. The zero-order chi connectivity index (χ0) is 14.8. The Balaban J connectivity index is 2.33. The maximum absolute atomic E-state index is 12.2. The molecular formula is C16H19NO3. The average molecular weight is 273 g/mol. The Labute approximate surface area is 118 Å². The van der Waals surface area contributed by atoms with Gasteiger partial charge in [0.05, 0.1) is 5.56 Å². The van der Waals surface area contributed by atoms with Crippen LogP contribution in [0.5, 0.6) is 5.75 Å². The largest absolute Gasteiger partial charge is 0.506 e. The molecule has 0 heterocycles. The maximum Gasteiger partial charge on any atom is 0.255 e. The molecule has 0 bridgehead atoms. The Morgan fingerprint density at radius 2 is 1.90 bits per heavy atom. The number of phenolic OH excluding ortho intramolecular Hbond substituents is 1. The monoisotopic (exact) mass is 273 g/mol. The zero-order valence-corrected chi connectivity index (χ0v) is 11.7. The van der Waals surface area contributed by atoms with E-state index < -0.39 is 5.54 Å². The molecule has 0 atom stereocenters. The van der Waals surface area contributed by atoms with Crippen LogP contribution in [0.2, 0.25) is 0 Å². The lowest BCUT2D eigenvalue weighted by Crippen LogP contribution is -2.44.